The summed E-state index contributed by atoms with van der Waals surface area (Å²) in [4.78, 5) is 26.5. The zero-order valence-electron chi connectivity index (χ0n) is 20.1. The number of allylic oxidation sites excluding steroid dienone is 3. The van der Waals surface area contributed by atoms with E-state index < -0.39 is 5.92 Å². The highest BCUT2D eigenvalue weighted by atomic mass is 16.5. The third-order valence-electron chi connectivity index (χ3n) is 6.01. The summed E-state index contributed by atoms with van der Waals surface area (Å²) in [6.07, 6.45) is 2.92. The fourth-order valence-electron chi connectivity index (χ4n) is 4.57. The van der Waals surface area contributed by atoms with Gasteiger partial charge in [-0.05, 0) is 49.8 Å². The van der Waals surface area contributed by atoms with Gasteiger partial charge in [0.1, 0.15) is 0 Å². The first-order chi connectivity index (χ1) is 15.2. The summed E-state index contributed by atoms with van der Waals surface area (Å²) in [7, 11) is 1.59. The standard InChI is InChI=1S/C26H35NO5/c1-7-9-12-32-25(29)22-16(3)27-18-14-26(4,5)15-19(28)24(18)23(22)17-10-11-20(31-8-2)21(13-17)30-6/h10-11,13,23,27H,7-9,12,14-15H2,1-6H3/t23-/m0/s1. The van der Waals surface area contributed by atoms with E-state index in [0.717, 1.165) is 36.2 Å². The zero-order valence-corrected chi connectivity index (χ0v) is 20.1. The molecule has 3 rings (SSSR count). The van der Waals surface area contributed by atoms with E-state index in [1.807, 2.05) is 32.0 Å². The molecule has 32 heavy (non-hydrogen) atoms. The number of unbranched alkanes of at least 4 members (excludes halogenated alkanes) is 1. The second kappa shape index (κ2) is 9.80. The molecule has 0 radical (unpaired) electrons. The first-order valence-electron chi connectivity index (χ1n) is 11.4. The number of benzene rings is 1. The lowest BCUT2D eigenvalue weighted by atomic mass is 9.68. The van der Waals surface area contributed by atoms with E-state index in [-0.39, 0.29) is 17.2 Å². The average Bonchev–Trinajstić information content (AvgIpc) is 2.72. The molecule has 6 heteroatoms. The first-order valence-corrected chi connectivity index (χ1v) is 11.4. The van der Waals surface area contributed by atoms with Gasteiger partial charge in [0, 0.05) is 29.3 Å². The summed E-state index contributed by atoms with van der Waals surface area (Å²) in [5, 5.41) is 3.37. The molecule has 0 aromatic heterocycles. The van der Waals surface area contributed by atoms with E-state index in [1.54, 1.807) is 7.11 Å². The Morgan fingerprint density at radius 1 is 1.19 bits per heavy atom. The summed E-state index contributed by atoms with van der Waals surface area (Å²) in [5.74, 6) is 0.378. The molecule has 0 saturated heterocycles. The topological polar surface area (TPSA) is 73.9 Å². The molecule has 1 aromatic carbocycles. The maximum atomic E-state index is 13.4. The van der Waals surface area contributed by atoms with Gasteiger partial charge in [-0.15, -0.1) is 0 Å². The largest absolute Gasteiger partial charge is 0.493 e. The number of esters is 1. The number of methoxy groups -OCH3 is 1. The summed E-state index contributed by atoms with van der Waals surface area (Å²) < 4.78 is 16.8. The molecular formula is C26H35NO5. The fraction of sp³-hybridized carbons (Fsp3) is 0.538. The second-order valence-electron chi connectivity index (χ2n) is 9.26. The van der Waals surface area contributed by atoms with Gasteiger partial charge >= 0.3 is 5.97 Å². The molecule has 2 aliphatic rings. The van der Waals surface area contributed by atoms with Crippen molar-refractivity contribution in [2.24, 2.45) is 5.41 Å². The Labute approximate surface area is 191 Å². The molecule has 0 fully saturated rings. The number of ether oxygens (including phenoxy) is 3. The Kier molecular flexibility index (Phi) is 7.32. The van der Waals surface area contributed by atoms with E-state index in [1.165, 1.54) is 0 Å². The normalized spacial score (nSPS) is 19.9. The number of ketones is 1. The summed E-state index contributed by atoms with van der Waals surface area (Å²) in [5.41, 5.74) is 3.45. The quantitative estimate of drug-likeness (QED) is 0.450. The fourth-order valence-corrected chi connectivity index (χ4v) is 4.57. The van der Waals surface area contributed by atoms with Crippen molar-refractivity contribution in [1.29, 1.82) is 0 Å². The molecule has 1 aliphatic heterocycles. The van der Waals surface area contributed by atoms with Crippen LogP contribution < -0.4 is 14.8 Å². The molecule has 1 N–H and O–H groups in total. The van der Waals surface area contributed by atoms with Crippen LogP contribution in [-0.4, -0.2) is 32.1 Å². The van der Waals surface area contributed by atoms with E-state index in [0.29, 0.717) is 42.3 Å². The van der Waals surface area contributed by atoms with Crippen LogP contribution in [0.1, 0.15) is 71.8 Å². The molecule has 0 unspecified atom stereocenters. The van der Waals surface area contributed by atoms with Gasteiger partial charge in [0.05, 0.1) is 25.9 Å². The van der Waals surface area contributed by atoms with Crippen LogP contribution in [0.4, 0.5) is 0 Å². The van der Waals surface area contributed by atoms with Gasteiger partial charge in [-0.25, -0.2) is 4.79 Å². The van der Waals surface area contributed by atoms with Crippen LogP contribution in [0.15, 0.2) is 40.7 Å². The lowest BCUT2D eigenvalue weighted by Crippen LogP contribution is -2.38. The Hall–Kier alpha value is -2.76. The number of rotatable bonds is 8. The van der Waals surface area contributed by atoms with Crippen LogP contribution in [0, 0.1) is 5.41 Å². The van der Waals surface area contributed by atoms with Gasteiger partial charge in [-0.2, -0.15) is 0 Å². The number of hydrogen-bond donors (Lipinski definition) is 1. The van der Waals surface area contributed by atoms with Crippen LogP contribution in [0.25, 0.3) is 0 Å². The summed E-state index contributed by atoms with van der Waals surface area (Å²) in [6.45, 7) is 10.9. The second-order valence-corrected chi connectivity index (χ2v) is 9.26. The van der Waals surface area contributed by atoms with Crippen molar-refractivity contribution in [3.63, 3.8) is 0 Å². The highest BCUT2D eigenvalue weighted by Crippen LogP contribution is 2.47. The summed E-state index contributed by atoms with van der Waals surface area (Å²) >= 11 is 0. The third kappa shape index (κ3) is 4.84. The van der Waals surface area contributed by atoms with Gasteiger partial charge < -0.3 is 19.5 Å². The van der Waals surface area contributed by atoms with Gasteiger partial charge in [0.25, 0.3) is 0 Å². The number of Topliss-reactive ketones (excluding diaryl/α,β-unsaturated/α-hetero) is 1. The lowest BCUT2D eigenvalue weighted by molar-refractivity contribution is -0.139. The predicted octanol–water partition coefficient (Wildman–Crippen LogP) is 5.04. The molecule has 0 amide bonds. The van der Waals surface area contributed by atoms with Crippen molar-refractivity contribution in [3.8, 4) is 11.5 Å². The van der Waals surface area contributed by atoms with Crippen LogP contribution in [0.5, 0.6) is 11.5 Å². The van der Waals surface area contributed by atoms with Crippen molar-refractivity contribution in [2.45, 2.75) is 66.2 Å². The van der Waals surface area contributed by atoms with Gasteiger partial charge in [0.15, 0.2) is 17.3 Å². The number of carbonyl (C=O) groups is 2. The molecule has 1 aliphatic carbocycles. The number of carbonyl (C=O) groups excluding carboxylic acids is 2. The number of hydrogen-bond acceptors (Lipinski definition) is 6. The lowest BCUT2D eigenvalue weighted by Gasteiger charge is -2.39. The zero-order chi connectivity index (χ0) is 23.5. The molecule has 174 valence electrons. The highest BCUT2D eigenvalue weighted by Gasteiger charge is 2.43. The smallest absolute Gasteiger partial charge is 0.336 e. The molecule has 0 bridgehead atoms. The van der Waals surface area contributed by atoms with Crippen molar-refractivity contribution in [2.75, 3.05) is 20.3 Å². The molecule has 1 aromatic rings. The average molecular weight is 442 g/mol. The van der Waals surface area contributed by atoms with Crippen LogP contribution in [0.2, 0.25) is 0 Å². The Morgan fingerprint density at radius 2 is 1.94 bits per heavy atom. The third-order valence-corrected chi connectivity index (χ3v) is 6.01. The van der Waals surface area contributed by atoms with Crippen LogP contribution in [0.3, 0.4) is 0 Å². The minimum absolute atomic E-state index is 0.0629. The molecule has 1 atom stereocenters. The minimum atomic E-state index is -0.506. The van der Waals surface area contributed by atoms with Crippen molar-refractivity contribution in [1.82, 2.24) is 5.32 Å². The molecule has 6 nitrogen and oxygen atoms in total. The Morgan fingerprint density at radius 3 is 2.59 bits per heavy atom. The van der Waals surface area contributed by atoms with Gasteiger partial charge in [0.2, 0.25) is 0 Å². The van der Waals surface area contributed by atoms with Gasteiger partial charge in [-0.3, -0.25) is 4.79 Å². The maximum Gasteiger partial charge on any atom is 0.336 e. The van der Waals surface area contributed by atoms with Crippen LogP contribution in [-0.2, 0) is 14.3 Å². The van der Waals surface area contributed by atoms with Crippen molar-refractivity contribution >= 4 is 11.8 Å². The first kappa shape index (κ1) is 23.9. The number of nitrogens with one attached hydrogen (secondary N) is 1. The molecule has 1 heterocycles. The SMILES string of the molecule is CCCCOC(=O)C1=C(C)NC2=C(C(=O)CC(C)(C)C2)[C@H]1c1ccc(OCC)c(OC)c1. The highest BCUT2D eigenvalue weighted by molar-refractivity contribution is 6.04. The minimum Gasteiger partial charge on any atom is -0.493 e. The van der Waals surface area contributed by atoms with E-state index >= 15 is 0 Å². The Bertz CT molecular complexity index is 957. The number of dihydropyridines is 1. The Balaban J connectivity index is 2.12. The van der Waals surface area contributed by atoms with Crippen molar-refractivity contribution < 1.29 is 23.8 Å². The predicted molar refractivity (Wildman–Crippen MR) is 124 cm³/mol. The molecule has 0 spiro atoms. The van der Waals surface area contributed by atoms with E-state index in [4.69, 9.17) is 14.2 Å². The van der Waals surface area contributed by atoms with E-state index in [9.17, 15) is 9.59 Å². The van der Waals surface area contributed by atoms with E-state index in [2.05, 4.69) is 26.1 Å². The molecule has 0 saturated carbocycles. The van der Waals surface area contributed by atoms with Crippen LogP contribution >= 0.6 is 0 Å². The van der Waals surface area contributed by atoms with Crippen molar-refractivity contribution in [3.05, 3.63) is 46.3 Å². The maximum absolute atomic E-state index is 13.4. The van der Waals surface area contributed by atoms with Gasteiger partial charge in [-0.1, -0.05) is 33.3 Å². The molecular weight excluding hydrogens is 406 g/mol. The summed E-state index contributed by atoms with van der Waals surface area (Å²) in [6, 6.07) is 5.62. The monoisotopic (exact) mass is 441 g/mol.